The van der Waals surface area contributed by atoms with Crippen LogP contribution in [0.15, 0.2) is 15.8 Å². The van der Waals surface area contributed by atoms with Crippen molar-refractivity contribution in [1.82, 2.24) is 14.9 Å². The lowest BCUT2D eigenvalue weighted by molar-refractivity contribution is -0.150. The van der Waals surface area contributed by atoms with Crippen molar-refractivity contribution in [2.24, 2.45) is 11.5 Å². The molecule has 0 bridgehead atoms. The van der Waals surface area contributed by atoms with Crippen molar-refractivity contribution < 1.29 is 49.4 Å². The van der Waals surface area contributed by atoms with E-state index < -0.39 is 84.7 Å². The molecule has 1 saturated heterocycles. The summed E-state index contributed by atoms with van der Waals surface area (Å²) in [6, 6.07) is -3.98. The van der Waals surface area contributed by atoms with Gasteiger partial charge in [-0.05, 0) is 6.92 Å². The van der Waals surface area contributed by atoms with Crippen molar-refractivity contribution in [3.8, 4) is 0 Å². The van der Waals surface area contributed by atoms with Crippen LogP contribution in [0.4, 0.5) is 4.79 Å². The molecule has 0 spiro atoms. The van der Waals surface area contributed by atoms with E-state index in [4.69, 9.17) is 16.2 Å². The molecule has 2 amide bonds. The molecule has 1 aromatic rings. The highest BCUT2D eigenvalue weighted by atomic mass is 16.6. The first-order valence-electron chi connectivity index (χ1n) is 9.67. The Labute approximate surface area is 189 Å². The van der Waals surface area contributed by atoms with Crippen LogP contribution < -0.4 is 28.0 Å². The number of carboxylic acid groups (broad SMARTS) is 1. The second-order valence-electron chi connectivity index (χ2n) is 7.49. The zero-order chi connectivity index (χ0) is 25.9. The lowest BCUT2D eigenvalue weighted by Crippen LogP contribution is -2.60. The number of carboxylic acids is 1. The smallest absolute Gasteiger partial charge is 0.404 e. The molecule has 2 heterocycles. The van der Waals surface area contributed by atoms with Crippen LogP contribution in [0.1, 0.15) is 11.8 Å². The Balaban J connectivity index is 2.20. The molecule has 1 fully saturated rings. The van der Waals surface area contributed by atoms with Crippen molar-refractivity contribution >= 4 is 18.0 Å². The highest BCUT2D eigenvalue weighted by Crippen LogP contribution is 2.30. The quantitative estimate of drug-likeness (QED) is 0.156. The third kappa shape index (κ3) is 5.76. The molecule has 11 N–H and O–H groups in total. The minimum absolute atomic E-state index is 0.0512. The molecule has 0 aliphatic carbocycles. The minimum Gasteiger partial charge on any atom is -0.480 e. The summed E-state index contributed by atoms with van der Waals surface area (Å²) in [6.07, 6.45) is -11.3. The van der Waals surface area contributed by atoms with E-state index in [9.17, 15) is 49.5 Å². The molecule has 0 radical (unpaired) electrons. The number of rotatable bonds is 9. The van der Waals surface area contributed by atoms with Crippen molar-refractivity contribution in [3.05, 3.63) is 32.6 Å². The van der Waals surface area contributed by atoms with E-state index in [1.165, 1.54) is 6.92 Å². The number of aromatic amines is 1. The standard InChI is InChI=1S/C17H25N5O12/c1-4-2-22(17(32)21-12(4)27)14-10(26)9(25)11(34-14)7(15(29)30)20-13(28)6(18)8(24)5(23)3-33-16(19)31/h2,5-11,14,23-26H,3,18H2,1H3,(H2,19,31)(H,20,28)(H,29,30)(H,21,27,32)/t5-,6-,7-,8+,9?,10?,11+,14+/m0/s1. The highest BCUT2D eigenvalue weighted by Gasteiger charge is 2.50. The van der Waals surface area contributed by atoms with Crippen LogP contribution in [0.3, 0.4) is 0 Å². The molecule has 2 unspecified atom stereocenters. The van der Waals surface area contributed by atoms with Crippen LogP contribution >= 0.6 is 0 Å². The molecule has 1 aromatic heterocycles. The summed E-state index contributed by atoms with van der Waals surface area (Å²) in [4.78, 5) is 60.3. The number of nitrogens with two attached hydrogens (primary N) is 2. The van der Waals surface area contributed by atoms with Gasteiger partial charge in [0.2, 0.25) is 5.91 Å². The van der Waals surface area contributed by atoms with E-state index >= 15 is 0 Å². The fourth-order valence-corrected chi connectivity index (χ4v) is 3.16. The van der Waals surface area contributed by atoms with Crippen molar-refractivity contribution in [2.45, 2.75) is 55.8 Å². The molecule has 17 heteroatoms. The predicted octanol–water partition coefficient (Wildman–Crippen LogP) is -5.82. The maximum atomic E-state index is 12.4. The first kappa shape index (κ1) is 26.9. The fourth-order valence-electron chi connectivity index (χ4n) is 3.16. The van der Waals surface area contributed by atoms with Crippen molar-refractivity contribution in [1.29, 1.82) is 0 Å². The number of aliphatic hydroxyl groups excluding tert-OH is 4. The Bertz CT molecular complexity index is 1040. The van der Waals surface area contributed by atoms with Gasteiger partial charge in [-0.1, -0.05) is 0 Å². The lowest BCUT2D eigenvalue weighted by Gasteiger charge is -2.27. The fraction of sp³-hybridized carbons (Fsp3) is 0.588. The Kier molecular flexibility index (Phi) is 8.48. The van der Waals surface area contributed by atoms with E-state index in [2.05, 4.69) is 4.74 Å². The second kappa shape index (κ2) is 10.7. The van der Waals surface area contributed by atoms with E-state index in [0.29, 0.717) is 0 Å². The van der Waals surface area contributed by atoms with Gasteiger partial charge >= 0.3 is 17.8 Å². The molecule has 8 atom stereocenters. The molecule has 1 aliphatic rings. The Morgan fingerprint density at radius 3 is 2.44 bits per heavy atom. The molecular formula is C17H25N5O12. The third-order valence-corrected chi connectivity index (χ3v) is 5.05. The zero-order valence-corrected chi connectivity index (χ0v) is 17.6. The summed E-state index contributed by atoms with van der Waals surface area (Å²) in [7, 11) is 0. The van der Waals surface area contributed by atoms with Gasteiger partial charge < -0.3 is 51.8 Å². The number of carbonyl (C=O) groups is 3. The molecule has 0 saturated carbocycles. The van der Waals surface area contributed by atoms with E-state index in [0.717, 1.165) is 10.8 Å². The second-order valence-corrected chi connectivity index (χ2v) is 7.49. The number of nitrogens with zero attached hydrogens (tertiary/aromatic N) is 1. The summed E-state index contributed by atoms with van der Waals surface area (Å²) < 4.78 is 10.4. The monoisotopic (exact) mass is 491 g/mol. The predicted molar refractivity (Wildman–Crippen MR) is 107 cm³/mol. The number of primary amides is 1. The van der Waals surface area contributed by atoms with Crippen LogP contribution in [-0.2, 0) is 19.1 Å². The topological polar surface area (TPSA) is 290 Å². The number of nitrogens with one attached hydrogen (secondary N) is 2. The molecule has 1 aliphatic heterocycles. The van der Waals surface area contributed by atoms with Gasteiger partial charge in [-0.2, -0.15) is 0 Å². The number of hydrogen-bond donors (Lipinski definition) is 9. The summed E-state index contributed by atoms with van der Waals surface area (Å²) in [5.41, 5.74) is 8.58. The van der Waals surface area contributed by atoms with Crippen LogP contribution in [0.25, 0.3) is 0 Å². The first-order chi connectivity index (χ1) is 15.8. The molecule has 34 heavy (non-hydrogen) atoms. The Morgan fingerprint density at radius 2 is 1.88 bits per heavy atom. The van der Waals surface area contributed by atoms with E-state index in [1.54, 1.807) is 0 Å². The molecular weight excluding hydrogens is 466 g/mol. The van der Waals surface area contributed by atoms with Crippen LogP contribution in [-0.4, -0.2) is 102 Å². The van der Waals surface area contributed by atoms with E-state index in [1.807, 2.05) is 10.3 Å². The van der Waals surface area contributed by atoms with Gasteiger partial charge in [-0.15, -0.1) is 0 Å². The maximum absolute atomic E-state index is 12.4. The molecule has 2 rings (SSSR count). The number of aliphatic carboxylic acids is 1. The van der Waals surface area contributed by atoms with Gasteiger partial charge in [-0.3, -0.25) is 19.1 Å². The molecule has 0 aromatic carbocycles. The average Bonchev–Trinajstić information content (AvgIpc) is 3.05. The van der Waals surface area contributed by atoms with Gasteiger partial charge in [0, 0.05) is 11.8 Å². The first-order valence-corrected chi connectivity index (χ1v) is 9.67. The largest absolute Gasteiger partial charge is 0.480 e. The summed E-state index contributed by atoms with van der Waals surface area (Å²) in [5, 5.41) is 51.8. The van der Waals surface area contributed by atoms with Gasteiger partial charge in [0.1, 0.15) is 43.2 Å². The summed E-state index contributed by atoms with van der Waals surface area (Å²) >= 11 is 0. The van der Waals surface area contributed by atoms with Gasteiger partial charge in [-0.25, -0.2) is 14.4 Å². The summed E-state index contributed by atoms with van der Waals surface area (Å²) in [6.45, 7) is 0.533. The van der Waals surface area contributed by atoms with Gasteiger partial charge in [0.15, 0.2) is 12.3 Å². The molecule has 190 valence electrons. The van der Waals surface area contributed by atoms with Crippen LogP contribution in [0, 0.1) is 6.92 Å². The van der Waals surface area contributed by atoms with Crippen LogP contribution in [0.2, 0.25) is 0 Å². The number of aliphatic hydroxyl groups is 4. The number of amides is 2. The number of H-pyrrole nitrogens is 1. The Morgan fingerprint density at radius 1 is 1.26 bits per heavy atom. The number of aryl methyl sites for hydroxylation is 1. The van der Waals surface area contributed by atoms with E-state index in [-0.39, 0.29) is 5.56 Å². The Hall–Kier alpha value is -3.35. The van der Waals surface area contributed by atoms with Crippen molar-refractivity contribution in [3.63, 3.8) is 0 Å². The van der Waals surface area contributed by atoms with Gasteiger partial charge in [0.25, 0.3) is 5.56 Å². The number of aromatic nitrogens is 2. The number of hydrogen-bond acceptors (Lipinski definition) is 12. The SMILES string of the molecule is Cc1cn([C@@H]2O[C@H]([C@H](NC(=O)[C@@H](N)[C@H](O)[C@@H](O)COC(N)=O)C(=O)O)C(O)C2O)c(=O)[nH]c1=O. The highest BCUT2D eigenvalue weighted by molar-refractivity contribution is 5.87. The number of carbonyl (C=O) groups excluding carboxylic acids is 2. The normalized spacial score (nSPS) is 25.7. The lowest BCUT2D eigenvalue weighted by atomic mass is 10.0. The molecule has 17 nitrogen and oxygen atoms in total. The summed E-state index contributed by atoms with van der Waals surface area (Å²) in [5.74, 6) is -3.06. The average molecular weight is 491 g/mol. The van der Waals surface area contributed by atoms with Gasteiger partial charge in [0.05, 0.1) is 0 Å². The number of ether oxygens (including phenoxy) is 2. The van der Waals surface area contributed by atoms with Crippen LogP contribution in [0.5, 0.6) is 0 Å². The van der Waals surface area contributed by atoms with Crippen molar-refractivity contribution in [2.75, 3.05) is 6.61 Å². The zero-order valence-electron chi connectivity index (χ0n) is 17.6. The minimum atomic E-state index is -2.04. The maximum Gasteiger partial charge on any atom is 0.404 e. The third-order valence-electron chi connectivity index (χ3n) is 5.05.